The van der Waals surface area contributed by atoms with E-state index in [0.717, 1.165) is 5.69 Å². The summed E-state index contributed by atoms with van der Waals surface area (Å²) in [5.41, 5.74) is 7.82. The van der Waals surface area contributed by atoms with Crippen LogP contribution in [0.4, 0.5) is 15.8 Å². The van der Waals surface area contributed by atoms with Crippen molar-refractivity contribution < 1.29 is 9.18 Å². The van der Waals surface area contributed by atoms with Crippen molar-refractivity contribution in [3.8, 4) is 0 Å². The summed E-state index contributed by atoms with van der Waals surface area (Å²) in [6.45, 7) is 3.41. The zero-order chi connectivity index (χ0) is 14.0. The molecule has 0 unspecified atom stereocenters. The second-order valence-electron chi connectivity index (χ2n) is 4.31. The van der Waals surface area contributed by atoms with Gasteiger partial charge in [0.1, 0.15) is 5.82 Å². The fraction of sp³-hybridized carbons (Fsp3) is 0.143. The number of nitrogens with two attached hydrogens (primary N) is 1. The molecule has 98 valence electrons. The molecule has 0 spiro atoms. The van der Waals surface area contributed by atoms with E-state index in [0.29, 0.717) is 11.3 Å². The molecule has 0 saturated heterocycles. The van der Waals surface area contributed by atoms with Gasteiger partial charge in [0.25, 0.3) is 5.91 Å². The maximum absolute atomic E-state index is 13.5. The van der Waals surface area contributed by atoms with Crippen molar-refractivity contribution >= 4 is 17.3 Å². The Bertz CT molecular complexity index is 600. The Hall–Kier alpha value is -2.43. The molecule has 0 aliphatic rings. The van der Waals surface area contributed by atoms with Crippen molar-refractivity contribution in [1.29, 1.82) is 0 Å². The normalized spacial score (nSPS) is 10.3. The summed E-state index contributed by atoms with van der Waals surface area (Å²) in [7, 11) is 0. The van der Waals surface area contributed by atoms with E-state index in [1.165, 1.54) is 12.1 Å². The highest BCUT2D eigenvalue weighted by Gasteiger charge is 2.11. The lowest BCUT2D eigenvalue weighted by Gasteiger charge is -2.08. The molecule has 0 aliphatic carbocycles. The van der Waals surface area contributed by atoms with Gasteiger partial charge in [0, 0.05) is 22.5 Å². The molecule has 5 heteroatoms. The summed E-state index contributed by atoms with van der Waals surface area (Å²) in [5, 5.41) is 2.64. The number of carbonyl (C=O) groups is 1. The average Bonchev–Trinajstić information content (AvgIpc) is 2.38. The first kappa shape index (κ1) is 13.0. The van der Waals surface area contributed by atoms with Crippen LogP contribution in [0.15, 0.2) is 30.5 Å². The summed E-state index contributed by atoms with van der Waals surface area (Å²) in [6, 6.07) is 6.13. The van der Waals surface area contributed by atoms with E-state index in [9.17, 15) is 9.18 Å². The van der Waals surface area contributed by atoms with E-state index in [-0.39, 0.29) is 11.3 Å². The lowest BCUT2D eigenvalue weighted by molar-refractivity contribution is 0.102. The van der Waals surface area contributed by atoms with Crippen molar-refractivity contribution in [3.63, 3.8) is 0 Å². The van der Waals surface area contributed by atoms with Crippen molar-refractivity contribution in [3.05, 3.63) is 53.1 Å². The van der Waals surface area contributed by atoms with Gasteiger partial charge in [-0.25, -0.2) is 4.39 Å². The number of nitrogens with zero attached hydrogens (tertiary/aromatic N) is 1. The fourth-order valence-electron chi connectivity index (χ4n) is 1.58. The van der Waals surface area contributed by atoms with Crippen LogP contribution in [0.3, 0.4) is 0 Å². The largest absolute Gasteiger partial charge is 0.398 e. The second-order valence-corrected chi connectivity index (χ2v) is 4.31. The Labute approximate surface area is 110 Å². The fourth-order valence-corrected chi connectivity index (χ4v) is 1.58. The minimum absolute atomic E-state index is 0.182. The van der Waals surface area contributed by atoms with E-state index in [4.69, 9.17) is 5.73 Å². The van der Waals surface area contributed by atoms with Crippen LogP contribution in [0.1, 0.15) is 21.6 Å². The number of benzene rings is 1. The van der Waals surface area contributed by atoms with Crippen LogP contribution in [0.5, 0.6) is 0 Å². The SMILES string of the molecule is Cc1ccc(NC(=O)c2cc(N)c(C)c(F)c2)cn1. The van der Waals surface area contributed by atoms with E-state index >= 15 is 0 Å². The number of anilines is 2. The number of aromatic nitrogens is 1. The summed E-state index contributed by atoms with van der Waals surface area (Å²) in [5.74, 6) is -0.913. The van der Waals surface area contributed by atoms with Gasteiger partial charge >= 0.3 is 0 Å². The Balaban J connectivity index is 2.23. The van der Waals surface area contributed by atoms with Crippen molar-refractivity contribution in [2.75, 3.05) is 11.1 Å². The molecule has 0 radical (unpaired) electrons. The summed E-state index contributed by atoms with van der Waals surface area (Å²) in [6.07, 6.45) is 1.54. The second kappa shape index (κ2) is 5.06. The molecule has 0 atom stereocenters. The molecule has 0 fully saturated rings. The van der Waals surface area contributed by atoms with Crippen LogP contribution in [-0.4, -0.2) is 10.9 Å². The summed E-state index contributed by atoms with van der Waals surface area (Å²) in [4.78, 5) is 16.0. The lowest BCUT2D eigenvalue weighted by Crippen LogP contribution is -2.13. The first-order chi connectivity index (χ1) is 8.97. The molecule has 0 saturated carbocycles. The topological polar surface area (TPSA) is 68.0 Å². The Morgan fingerprint density at radius 2 is 2.05 bits per heavy atom. The number of rotatable bonds is 2. The number of carbonyl (C=O) groups excluding carboxylic acids is 1. The zero-order valence-corrected chi connectivity index (χ0v) is 10.7. The van der Waals surface area contributed by atoms with E-state index < -0.39 is 11.7 Å². The van der Waals surface area contributed by atoms with Crippen LogP contribution in [0.25, 0.3) is 0 Å². The number of nitrogens with one attached hydrogen (secondary N) is 1. The van der Waals surface area contributed by atoms with Gasteiger partial charge in [0.05, 0.1) is 11.9 Å². The first-order valence-electron chi connectivity index (χ1n) is 5.77. The molecular weight excluding hydrogens is 245 g/mol. The van der Waals surface area contributed by atoms with Gasteiger partial charge in [-0.3, -0.25) is 9.78 Å². The average molecular weight is 259 g/mol. The van der Waals surface area contributed by atoms with Gasteiger partial charge in [-0.2, -0.15) is 0 Å². The zero-order valence-electron chi connectivity index (χ0n) is 10.7. The standard InChI is InChI=1S/C14H14FN3O/c1-8-3-4-11(7-17-8)18-14(19)10-5-12(15)9(2)13(16)6-10/h3-7H,16H2,1-2H3,(H,18,19). The van der Waals surface area contributed by atoms with Crippen LogP contribution in [-0.2, 0) is 0 Å². The smallest absolute Gasteiger partial charge is 0.255 e. The third-order valence-corrected chi connectivity index (χ3v) is 2.82. The number of nitrogen functional groups attached to an aromatic ring is 1. The molecule has 1 aromatic carbocycles. The maximum Gasteiger partial charge on any atom is 0.255 e. The van der Waals surface area contributed by atoms with Gasteiger partial charge in [0.15, 0.2) is 0 Å². The predicted octanol–water partition coefficient (Wildman–Crippen LogP) is 2.67. The van der Waals surface area contributed by atoms with E-state index in [2.05, 4.69) is 10.3 Å². The van der Waals surface area contributed by atoms with Gasteiger partial charge in [-0.05, 0) is 38.1 Å². The molecule has 4 nitrogen and oxygen atoms in total. The van der Waals surface area contributed by atoms with Crippen LogP contribution in [0, 0.1) is 19.7 Å². The number of pyridine rings is 1. The number of aryl methyl sites for hydroxylation is 1. The van der Waals surface area contributed by atoms with Gasteiger partial charge in [0.2, 0.25) is 0 Å². The van der Waals surface area contributed by atoms with Crippen molar-refractivity contribution in [2.24, 2.45) is 0 Å². The molecule has 0 aliphatic heterocycles. The summed E-state index contributed by atoms with van der Waals surface area (Å²) >= 11 is 0. The lowest BCUT2D eigenvalue weighted by atomic mass is 10.1. The molecule has 1 aromatic heterocycles. The predicted molar refractivity (Wildman–Crippen MR) is 72.5 cm³/mol. The van der Waals surface area contributed by atoms with E-state index in [1.807, 2.05) is 6.92 Å². The molecule has 0 bridgehead atoms. The highest BCUT2D eigenvalue weighted by atomic mass is 19.1. The first-order valence-corrected chi connectivity index (χ1v) is 5.77. The molecular formula is C14H14FN3O. The van der Waals surface area contributed by atoms with Crippen molar-refractivity contribution in [2.45, 2.75) is 13.8 Å². The van der Waals surface area contributed by atoms with Crippen molar-refractivity contribution in [1.82, 2.24) is 4.98 Å². The summed E-state index contributed by atoms with van der Waals surface area (Å²) < 4.78 is 13.5. The molecule has 2 aromatic rings. The monoisotopic (exact) mass is 259 g/mol. The Kier molecular flexibility index (Phi) is 3.46. The van der Waals surface area contributed by atoms with E-state index in [1.54, 1.807) is 25.3 Å². The Morgan fingerprint density at radius 1 is 1.32 bits per heavy atom. The van der Waals surface area contributed by atoms with Crippen LogP contribution in [0.2, 0.25) is 0 Å². The third kappa shape index (κ3) is 2.88. The maximum atomic E-state index is 13.5. The Morgan fingerprint density at radius 3 is 2.63 bits per heavy atom. The molecule has 1 heterocycles. The quantitative estimate of drug-likeness (QED) is 0.815. The highest BCUT2D eigenvalue weighted by Crippen LogP contribution is 2.18. The highest BCUT2D eigenvalue weighted by molar-refractivity contribution is 6.04. The molecule has 3 N–H and O–H groups in total. The molecule has 19 heavy (non-hydrogen) atoms. The number of halogens is 1. The van der Waals surface area contributed by atoms with Crippen LogP contribution < -0.4 is 11.1 Å². The molecule has 1 amide bonds. The third-order valence-electron chi connectivity index (χ3n) is 2.82. The minimum Gasteiger partial charge on any atom is -0.398 e. The van der Waals surface area contributed by atoms with Gasteiger partial charge < -0.3 is 11.1 Å². The number of amides is 1. The number of hydrogen-bond donors (Lipinski definition) is 2. The van der Waals surface area contributed by atoms with Gasteiger partial charge in [-0.15, -0.1) is 0 Å². The number of hydrogen-bond acceptors (Lipinski definition) is 3. The minimum atomic E-state index is -0.493. The van der Waals surface area contributed by atoms with Gasteiger partial charge in [-0.1, -0.05) is 0 Å². The molecule has 2 rings (SSSR count). The van der Waals surface area contributed by atoms with Crippen LogP contribution >= 0.6 is 0 Å².